The van der Waals surface area contributed by atoms with Crippen molar-refractivity contribution in [3.8, 4) is 0 Å². The van der Waals surface area contributed by atoms with Crippen LogP contribution in [0.5, 0.6) is 0 Å². The number of fused-ring (bicyclic) bond motifs is 1. The summed E-state index contributed by atoms with van der Waals surface area (Å²) in [7, 11) is 1.74. The van der Waals surface area contributed by atoms with Crippen molar-refractivity contribution < 1.29 is 18.0 Å². The summed E-state index contributed by atoms with van der Waals surface area (Å²) in [6.07, 6.45) is -1.70. The summed E-state index contributed by atoms with van der Waals surface area (Å²) in [4.78, 5) is 23.1. The van der Waals surface area contributed by atoms with Crippen molar-refractivity contribution in [2.75, 3.05) is 25.5 Å². The number of aromatic nitrogens is 4. The maximum Gasteiger partial charge on any atom is 0.433 e. The Morgan fingerprint density at radius 1 is 1.19 bits per heavy atom. The zero-order valence-electron chi connectivity index (χ0n) is 18.1. The molecule has 3 aromatic heterocycles. The van der Waals surface area contributed by atoms with E-state index in [1.54, 1.807) is 36.3 Å². The van der Waals surface area contributed by atoms with Gasteiger partial charge in [0.05, 0.1) is 5.69 Å². The second kappa shape index (κ2) is 8.40. The molecule has 0 aromatic carbocycles. The molecule has 1 aliphatic rings. The maximum absolute atomic E-state index is 13.6. The van der Waals surface area contributed by atoms with Crippen LogP contribution >= 0.6 is 0 Å². The molecule has 0 atom stereocenters. The van der Waals surface area contributed by atoms with Crippen molar-refractivity contribution in [1.82, 2.24) is 24.5 Å². The van der Waals surface area contributed by atoms with E-state index in [0.717, 1.165) is 10.6 Å². The topological polar surface area (TPSA) is 75.4 Å². The fraction of sp³-hybridized carbons (Fsp3) is 0.455. The third kappa shape index (κ3) is 4.26. The molecule has 1 amide bonds. The lowest BCUT2D eigenvalue weighted by atomic mass is 9.93. The molecule has 10 heteroatoms. The Bertz CT molecular complexity index is 1130. The summed E-state index contributed by atoms with van der Waals surface area (Å²) in [5, 5.41) is 7.18. The summed E-state index contributed by atoms with van der Waals surface area (Å²) in [6, 6.07) is 6.09. The quantitative estimate of drug-likeness (QED) is 0.646. The highest BCUT2D eigenvalue weighted by atomic mass is 19.4. The summed E-state index contributed by atoms with van der Waals surface area (Å²) in [5.41, 5.74) is 0.902. The Morgan fingerprint density at radius 3 is 2.53 bits per heavy atom. The van der Waals surface area contributed by atoms with Gasteiger partial charge < -0.3 is 10.2 Å². The normalized spacial score (nSPS) is 15.5. The molecule has 3 aromatic rings. The number of anilines is 1. The molecule has 0 radical (unpaired) electrons. The van der Waals surface area contributed by atoms with Crippen molar-refractivity contribution >= 4 is 17.4 Å². The number of alkyl halides is 3. The van der Waals surface area contributed by atoms with E-state index < -0.39 is 11.9 Å². The second-order valence-corrected chi connectivity index (χ2v) is 8.30. The molecule has 170 valence electrons. The molecule has 1 fully saturated rings. The third-order valence-corrected chi connectivity index (χ3v) is 5.81. The first-order valence-corrected chi connectivity index (χ1v) is 10.6. The van der Waals surface area contributed by atoms with Gasteiger partial charge in [-0.3, -0.25) is 4.79 Å². The van der Waals surface area contributed by atoms with Gasteiger partial charge in [0, 0.05) is 49.6 Å². The van der Waals surface area contributed by atoms with Crippen molar-refractivity contribution in [2.24, 2.45) is 0 Å². The van der Waals surface area contributed by atoms with Crippen LogP contribution in [0.2, 0.25) is 0 Å². The van der Waals surface area contributed by atoms with E-state index in [1.807, 2.05) is 13.8 Å². The number of rotatable bonds is 4. The van der Waals surface area contributed by atoms with Gasteiger partial charge in [-0.2, -0.15) is 18.3 Å². The number of hydrogen-bond donors (Lipinski definition) is 1. The summed E-state index contributed by atoms with van der Waals surface area (Å²) >= 11 is 0. The first kappa shape index (κ1) is 22.0. The van der Waals surface area contributed by atoms with E-state index in [4.69, 9.17) is 0 Å². The van der Waals surface area contributed by atoms with Crippen LogP contribution in [0.1, 0.15) is 66.0 Å². The van der Waals surface area contributed by atoms with Gasteiger partial charge in [0.2, 0.25) is 0 Å². The average molecular weight is 446 g/mol. The summed E-state index contributed by atoms with van der Waals surface area (Å²) in [5.74, 6) is 0.365. The molecule has 0 saturated carbocycles. The van der Waals surface area contributed by atoms with Crippen molar-refractivity contribution in [3.63, 3.8) is 0 Å². The zero-order chi connectivity index (χ0) is 23.0. The lowest BCUT2D eigenvalue weighted by Crippen LogP contribution is -2.38. The van der Waals surface area contributed by atoms with E-state index in [0.29, 0.717) is 48.7 Å². The minimum absolute atomic E-state index is 0.0327. The molecular weight excluding hydrogens is 421 g/mol. The van der Waals surface area contributed by atoms with Crippen LogP contribution in [-0.4, -0.2) is 50.5 Å². The van der Waals surface area contributed by atoms with Crippen LogP contribution in [0, 0.1) is 0 Å². The number of piperidine rings is 1. The largest absolute Gasteiger partial charge is 0.433 e. The second-order valence-electron chi connectivity index (χ2n) is 8.30. The highest BCUT2D eigenvalue weighted by Gasteiger charge is 2.36. The minimum atomic E-state index is -4.53. The number of pyridine rings is 1. The van der Waals surface area contributed by atoms with E-state index >= 15 is 0 Å². The first-order chi connectivity index (χ1) is 15.2. The Balaban J connectivity index is 1.54. The van der Waals surface area contributed by atoms with Gasteiger partial charge in [-0.05, 0) is 37.0 Å². The monoisotopic (exact) mass is 446 g/mol. The molecule has 0 aliphatic carbocycles. The smallest absolute Gasteiger partial charge is 0.373 e. The number of nitrogens with one attached hydrogen (secondary N) is 1. The minimum Gasteiger partial charge on any atom is -0.373 e. The molecule has 0 spiro atoms. The fourth-order valence-corrected chi connectivity index (χ4v) is 3.97. The molecule has 0 unspecified atom stereocenters. The highest BCUT2D eigenvalue weighted by Crippen LogP contribution is 2.34. The van der Waals surface area contributed by atoms with Gasteiger partial charge in [-0.25, -0.2) is 14.5 Å². The van der Waals surface area contributed by atoms with Crippen molar-refractivity contribution in [3.05, 3.63) is 53.1 Å². The molecule has 4 heterocycles. The van der Waals surface area contributed by atoms with Crippen LogP contribution in [0.3, 0.4) is 0 Å². The van der Waals surface area contributed by atoms with E-state index in [9.17, 15) is 18.0 Å². The number of halogens is 3. The fourth-order valence-electron chi connectivity index (χ4n) is 3.97. The maximum atomic E-state index is 13.6. The van der Waals surface area contributed by atoms with Crippen molar-refractivity contribution in [1.29, 1.82) is 0 Å². The van der Waals surface area contributed by atoms with E-state index in [2.05, 4.69) is 20.4 Å². The van der Waals surface area contributed by atoms with Gasteiger partial charge in [-0.15, -0.1) is 0 Å². The molecule has 32 heavy (non-hydrogen) atoms. The lowest BCUT2D eigenvalue weighted by Gasteiger charge is -2.31. The number of hydrogen-bond acceptors (Lipinski definition) is 5. The Labute approximate surface area is 183 Å². The molecule has 1 N–H and O–H groups in total. The van der Waals surface area contributed by atoms with Crippen LogP contribution in [0.4, 0.5) is 19.0 Å². The highest BCUT2D eigenvalue weighted by molar-refractivity contribution is 5.94. The van der Waals surface area contributed by atoms with Crippen LogP contribution < -0.4 is 5.32 Å². The number of carbonyl (C=O) groups excluding carboxylic acids is 1. The Morgan fingerprint density at radius 2 is 1.91 bits per heavy atom. The van der Waals surface area contributed by atoms with E-state index in [-0.39, 0.29) is 23.4 Å². The van der Waals surface area contributed by atoms with Gasteiger partial charge >= 0.3 is 6.18 Å². The van der Waals surface area contributed by atoms with Gasteiger partial charge in [0.1, 0.15) is 11.5 Å². The lowest BCUT2D eigenvalue weighted by molar-refractivity contribution is -0.142. The average Bonchev–Trinajstić information content (AvgIpc) is 3.21. The number of nitrogens with zero attached hydrogens (tertiary/aromatic N) is 5. The van der Waals surface area contributed by atoms with E-state index in [1.165, 1.54) is 0 Å². The molecule has 0 bridgehead atoms. The zero-order valence-corrected chi connectivity index (χ0v) is 18.1. The molecule has 4 rings (SSSR count). The van der Waals surface area contributed by atoms with Gasteiger partial charge in [0.15, 0.2) is 5.65 Å². The van der Waals surface area contributed by atoms with Crippen molar-refractivity contribution in [2.45, 2.75) is 44.7 Å². The van der Waals surface area contributed by atoms with Crippen LogP contribution in [-0.2, 0) is 6.18 Å². The molecular formula is C22H25F3N6O. The predicted molar refractivity (Wildman–Crippen MR) is 114 cm³/mol. The summed E-state index contributed by atoms with van der Waals surface area (Å²) in [6.45, 7) is 4.63. The molecule has 7 nitrogen and oxygen atoms in total. The third-order valence-electron chi connectivity index (χ3n) is 5.81. The number of likely N-dealkylation sites (tertiary alicyclic amines) is 1. The summed E-state index contributed by atoms with van der Waals surface area (Å²) < 4.78 is 41.8. The van der Waals surface area contributed by atoms with Crippen LogP contribution in [0.15, 0.2) is 30.5 Å². The standard InChI is InChI=1S/C22H25F3N6O/c1-13(2)16-11-18(22(23,24)25)31-20(28-16)12-17(29-31)14-5-8-30(9-6-14)21(32)15-4-7-27-19(10-15)26-3/h4,7,10-14H,5-6,8-9H2,1-3H3,(H,26,27). The predicted octanol–water partition coefficient (Wildman–Crippen LogP) is 4.33. The van der Waals surface area contributed by atoms with Gasteiger partial charge in [-0.1, -0.05) is 13.8 Å². The number of amides is 1. The van der Waals surface area contributed by atoms with Crippen LogP contribution in [0.25, 0.3) is 5.65 Å². The van der Waals surface area contributed by atoms with Gasteiger partial charge in [0.25, 0.3) is 5.91 Å². The molecule has 1 saturated heterocycles. The number of carbonyl (C=O) groups is 1. The SMILES string of the molecule is CNc1cc(C(=O)N2CCC(c3cc4nc(C(C)C)cc(C(F)(F)F)n4n3)CC2)ccn1. The molecule has 1 aliphatic heterocycles. The Kier molecular flexibility index (Phi) is 5.79. The first-order valence-electron chi connectivity index (χ1n) is 10.6. The Hall–Kier alpha value is -3.17.